The lowest BCUT2D eigenvalue weighted by atomic mass is 10.1. The molecule has 3 N–H and O–H groups in total. The van der Waals surface area contributed by atoms with Crippen LogP contribution in [-0.2, 0) is 20.8 Å². The van der Waals surface area contributed by atoms with Gasteiger partial charge in [-0.1, -0.05) is 12.1 Å². The van der Waals surface area contributed by atoms with Crippen molar-refractivity contribution in [1.29, 1.82) is 0 Å². The fourth-order valence-corrected chi connectivity index (χ4v) is 3.13. The molecule has 164 valence electrons. The lowest BCUT2D eigenvalue weighted by Crippen LogP contribution is -2.33. The summed E-state index contributed by atoms with van der Waals surface area (Å²) in [5, 5.41) is 12.9. The molecule has 1 aromatic carbocycles. The molecule has 0 radical (unpaired) electrons. The molecule has 2 aromatic rings. The molecule has 0 spiro atoms. The Morgan fingerprint density at radius 1 is 1.32 bits per heavy atom. The Hall–Kier alpha value is -3.50. The zero-order valence-corrected chi connectivity index (χ0v) is 17.0. The number of esters is 1. The second-order valence-electron chi connectivity index (χ2n) is 7.10. The number of nitrogens with zero attached hydrogens (tertiary/aromatic N) is 1. The highest BCUT2D eigenvalue weighted by Gasteiger charge is 2.34. The van der Waals surface area contributed by atoms with Gasteiger partial charge in [0.2, 0.25) is 5.91 Å². The van der Waals surface area contributed by atoms with Crippen molar-refractivity contribution in [3.05, 3.63) is 80.1 Å². The summed E-state index contributed by atoms with van der Waals surface area (Å²) in [6, 6.07) is 6.61. The highest BCUT2D eigenvalue weighted by Crippen LogP contribution is 2.28. The quantitative estimate of drug-likeness (QED) is 0.439. The number of carbonyl (C=O) groups is 2. The number of nitrogens with one attached hydrogen (secondary N) is 2. The number of amides is 1. The second-order valence-corrected chi connectivity index (χ2v) is 7.10. The molecule has 31 heavy (non-hydrogen) atoms. The van der Waals surface area contributed by atoms with Crippen LogP contribution >= 0.6 is 0 Å². The first-order valence-corrected chi connectivity index (χ1v) is 9.57. The monoisotopic (exact) mass is 429 g/mol. The summed E-state index contributed by atoms with van der Waals surface area (Å²) in [5.41, 5.74) is 0.438. The predicted octanol–water partition coefficient (Wildman–Crippen LogP) is 0.153. The number of H-pyrrole nitrogens is 1. The Morgan fingerprint density at radius 3 is 2.71 bits per heavy atom. The number of carbonyl (C=O) groups excluding carboxylic acids is 2. The minimum atomic E-state index is -0.918. The van der Waals surface area contributed by atoms with Crippen LogP contribution in [0.4, 0.5) is 0 Å². The first kappa shape index (κ1) is 22.2. The van der Waals surface area contributed by atoms with E-state index in [1.165, 1.54) is 30.0 Å². The SMILES string of the molecule is COC(=O)c1ccc(CNC(=O)/C=C/[C@H]2O[C@@H](n3cc(C)c(=O)[nH]c3=O)C[C@@H]2O)cc1. The van der Waals surface area contributed by atoms with Gasteiger partial charge in [0.15, 0.2) is 0 Å². The van der Waals surface area contributed by atoms with Gasteiger partial charge < -0.3 is 19.9 Å². The molecule has 2 heterocycles. The van der Waals surface area contributed by atoms with Crippen molar-refractivity contribution in [2.24, 2.45) is 0 Å². The third kappa shape index (κ3) is 5.36. The minimum Gasteiger partial charge on any atom is -0.465 e. The molecule has 10 heteroatoms. The summed E-state index contributed by atoms with van der Waals surface area (Å²) in [6.45, 7) is 1.80. The summed E-state index contributed by atoms with van der Waals surface area (Å²) in [7, 11) is 1.30. The Labute approximate surface area is 177 Å². The number of ether oxygens (including phenoxy) is 2. The number of hydrogen-bond donors (Lipinski definition) is 3. The van der Waals surface area contributed by atoms with Crippen LogP contribution in [0, 0.1) is 6.92 Å². The highest BCUT2D eigenvalue weighted by atomic mass is 16.5. The van der Waals surface area contributed by atoms with Crippen molar-refractivity contribution >= 4 is 11.9 Å². The molecule has 1 saturated heterocycles. The van der Waals surface area contributed by atoms with Gasteiger partial charge in [0.1, 0.15) is 12.3 Å². The summed E-state index contributed by atoms with van der Waals surface area (Å²) in [4.78, 5) is 49.2. The Balaban J connectivity index is 1.56. The number of aromatic nitrogens is 2. The van der Waals surface area contributed by atoms with E-state index in [0.717, 1.165) is 5.56 Å². The number of benzene rings is 1. The van der Waals surface area contributed by atoms with Gasteiger partial charge in [0.25, 0.3) is 5.56 Å². The van der Waals surface area contributed by atoms with Crippen LogP contribution < -0.4 is 16.6 Å². The first-order valence-electron chi connectivity index (χ1n) is 9.57. The standard InChI is InChI=1S/C21H23N3O7/c1-12-11-24(21(29)23-19(12)27)18-9-15(25)16(31-18)7-8-17(26)22-10-13-3-5-14(6-4-13)20(28)30-2/h3-8,11,15-16,18,25H,9-10H2,1-2H3,(H,22,26)(H,23,27,29)/b8-7+/t15-,16+,18+/m0/s1. The molecule has 0 aliphatic carbocycles. The molecule has 3 rings (SSSR count). The molecule has 0 bridgehead atoms. The molecule has 1 fully saturated rings. The van der Waals surface area contributed by atoms with Gasteiger partial charge in [0, 0.05) is 30.8 Å². The number of hydrogen-bond acceptors (Lipinski definition) is 7. The van der Waals surface area contributed by atoms with Gasteiger partial charge in [-0.2, -0.15) is 0 Å². The number of aliphatic hydroxyl groups excluding tert-OH is 1. The van der Waals surface area contributed by atoms with E-state index >= 15 is 0 Å². The van der Waals surface area contributed by atoms with Crippen molar-refractivity contribution in [1.82, 2.24) is 14.9 Å². The number of aromatic amines is 1. The normalized spacial score (nSPS) is 20.7. The van der Waals surface area contributed by atoms with Gasteiger partial charge in [-0.15, -0.1) is 0 Å². The Bertz CT molecular complexity index is 1100. The molecule has 10 nitrogen and oxygen atoms in total. The zero-order valence-electron chi connectivity index (χ0n) is 17.0. The number of methoxy groups -OCH3 is 1. The third-order valence-corrected chi connectivity index (χ3v) is 4.87. The Morgan fingerprint density at radius 2 is 2.03 bits per heavy atom. The highest BCUT2D eigenvalue weighted by molar-refractivity contribution is 5.89. The van der Waals surface area contributed by atoms with E-state index in [2.05, 4.69) is 15.0 Å². The van der Waals surface area contributed by atoms with Gasteiger partial charge in [0.05, 0.1) is 18.8 Å². The minimum absolute atomic E-state index is 0.133. The number of aliphatic hydroxyl groups is 1. The maximum atomic E-state index is 12.1. The largest absolute Gasteiger partial charge is 0.465 e. The van der Waals surface area contributed by atoms with E-state index in [0.29, 0.717) is 11.1 Å². The smallest absolute Gasteiger partial charge is 0.337 e. The van der Waals surface area contributed by atoms with E-state index in [1.807, 2.05) is 0 Å². The van der Waals surface area contributed by atoms with Crippen molar-refractivity contribution in [3.8, 4) is 0 Å². The van der Waals surface area contributed by atoms with Crippen LogP contribution in [-0.4, -0.2) is 45.9 Å². The second kappa shape index (κ2) is 9.54. The molecule has 0 unspecified atom stereocenters. The molecule has 3 atom stereocenters. The number of aryl methyl sites for hydroxylation is 1. The number of rotatable bonds is 6. The molecule has 1 aliphatic heterocycles. The molecule has 1 aromatic heterocycles. The fraction of sp³-hybridized carbons (Fsp3) is 0.333. The van der Waals surface area contributed by atoms with Crippen LogP contribution in [0.1, 0.15) is 34.1 Å². The maximum Gasteiger partial charge on any atom is 0.337 e. The fourth-order valence-electron chi connectivity index (χ4n) is 3.13. The van der Waals surface area contributed by atoms with Crippen LogP contribution in [0.25, 0.3) is 0 Å². The first-order chi connectivity index (χ1) is 14.8. The van der Waals surface area contributed by atoms with Crippen molar-refractivity contribution in [2.45, 2.75) is 38.3 Å². The molecular formula is C21H23N3O7. The van der Waals surface area contributed by atoms with Crippen molar-refractivity contribution in [2.75, 3.05) is 7.11 Å². The summed E-state index contributed by atoms with van der Waals surface area (Å²) in [6.07, 6.45) is 1.72. The van der Waals surface area contributed by atoms with Crippen LogP contribution in [0.3, 0.4) is 0 Å². The van der Waals surface area contributed by atoms with Crippen molar-refractivity contribution in [3.63, 3.8) is 0 Å². The van der Waals surface area contributed by atoms with Gasteiger partial charge in [-0.25, -0.2) is 9.59 Å². The predicted molar refractivity (Wildman–Crippen MR) is 109 cm³/mol. The van der Waals surface area contributed by atoms with E-state index in [4.69, 9.17) is 4.74 Å². The molecule has 1 amide bonds. The van der Waals surface area contributed by atoms with E-state index in [9.17, 15) is 24.3 Å². The van der Waals surface area contributed by atoms with Crippen molar-refractivity contribution < 1.29 is 24.2 Å². The topological polar surface area (TPSA) is 140 Å². The maximum absolute atomic E-state index is 12.1. The third-order valence-electron chi connectivity index (χ3n) is 4.87. The Kier molecular flexibility index (Phi) is 6.83. The average molecular weight is 429 g/mol. The van der Waals surface area contributed by atoms with E-state index < -0.39 is 41.6 Å². The van der Waals surface area contributed by atoms with Gasteiger partial charge >= 0.3 is 11.7 Å². The van der Waals surface area contributed by atoms with E-state index in [-0.39, 0.29) is 13.0 Å². The van der Waals surface area contributed by atoms with Crippen LogP contribution in [0.2, 0.25) is 0 Å². The summed E-state index contributed by atoms with van der Waals surface area (Å²) >= 11 is 0. The summed E-state index contributed by atoms with van der Waals surface area (Å²) in [5.74, 6) is -0.834. The van der Waals surface area contributed by atoms with Gasteiger partial charge in [-0.05, 0) is 30.7 Å². The molecular weight excluding hydrogens is 406 g/mol. The molecule has 1 aliphatic rings. The average Bonchev–Trinajstić information content (AvgIpc) is 3.13. The van der Waals surface area contributed by atoms with Gasteiger partial charge in [-0.3, -0.25) is 19.1 Å². The lowest BCUT2D eigenvalue weighted by Gasteiger charge is -2.14. The molecule has 0 saturated carbocycles. The van der Waals surface area contributed by atoms with Crippen LogP contribution in [0.15, 0.2) is 52.2 Å². The van der Waals surface area contributed by atoms with E-state index in [1.54, 1.807) is 31.2 Å². The summed E-state index contributed by atoms with van der Waals surface area (Å²) < 4.78 is 11.5. The lowest BCUT2D eigenvalue weighted by molar-refractivity contribution is -0.116. The zero-order chi connectivity index (χ0) is 22.5. The van der Waals surface area contributed by atoms with Crippen LogP contribution in [0.5, 0.6) is 0 Å².